The quantitative estimate of drug-likeness (QED) is 0.653. The van der Waals surface area contributed by atoms with E-state index in [0.717, 1.165) is 25.7 Å². The first kappa shape index (κ1) is 14.5. The summed E-state index contributed by atoms with van der Waals surface area (Å²) in [6, 6.07) is 4.89. The van der Waals surface area contributed by atoms with E-state index in [4.69, 9.17) is 5.73 Å². The maximum atomic E-state index is 12.7. The zero-order chi connectivity index (χ0) is 15.1. The minimum atomic E-state index is -0.484. The highest BCUT2D eigenvalue weighted by molar-refractivity contribution is 9.10. The van der Waals surface area contributed by atoms with Gasteiger partial charge in [-0.1, -0.05) is 15.9 Å². The van der Waals surface area contributed by atoms with Gasteiger partial charge in [0.1, 0.15) is 0 Å². The number of halogens is 1. The molecule has 0 saturated carbocycles. The Morgan fingerprint density at radius 1 is 1.29 bits per heavy atom. The second-order valence-electron chi connectivity index (χ2n) is 5.78. The van der Waals surface area contributed by atoms with Crippen LogP contribution in [0.4, 0.5) is 5.69 Å². The van der Waals surface area contributed by atoms with E-state index in [-0.39, 0.29) is 29.7 Å². The van der Waals surface area contributed by atoms with Gasteiger partial charge in [0.15, 0.2) is 0 Å². The smallest absolute Gasteiger partial charge is 0.271 e. The van der Waals surface area contributed by atoms with Gasteiger partial charge in [0.05, 0.1) is 4.92 Å². The fourth-order valence-electron chi connectivity index (χ4n) is 3.50. The number of fused-ring (bicyclic) bond motifs is 2. The van der Waals surface area contributed by atoms with Crippen molar-refractivity contribution in [3.8, 4) is 0 Å². The molecular formula is C14H16BrN3O3. The van der Waals surface area contributed by atoms with Crippen molar-refractivity contribution in [1.82, 2.24) is 4.90 Å². The van der Waals surface area contributed by atoms with Crippen LogP contribution in [0.25, 0.3) is 0 Å². The molecule has 2 heterocycles. The summed E-state index contributed by atoms with van der Waals surface area (Å²) < 4.78 is 0.543. The summed E-state index contributed by atoms with van der Waals surface area (Å²) in [5.74, 6) is -0.126. The number of rotatable bonds is 2. The van der Waals surface area contributed by atoms with Crippen LogP contribution in [-0.2, 0) is 0 Å². The third-order valence-corrected chi connectivity index (χ3v) is 4.80. The van der Waals surface area contributed by atoms with Crippen molar-refractivity contribution < 1.29 is 9.72 Å². The Labute approximate surface area is 130 Å². The van der Waals surface area contributed by atoms with Crippen LogP contribution in [0.1, 0.15) is 36.0 Å². The van der Waals surface area contributed by atoms with E-state index in [2.05, 4.69) is 15.9 Å². The van der Waals surface area contributed by atoms with Gasteiger partial charge in [-0.15, -0.1) is 0 Å². The van der Waals surface area contributed by atoms with E-state index in [0.29, 0.717) is 10.0 Å². The molecule has 1 aromatic rings. The van der Waals surface area contributed by atoms with Crippen LogP contribution in [0.5, 0.6) is 0 Å². The number of nitro benzene ring substituents is 1. The summed E-state index contributed by atoms with van der Waals surface area (Å²) in [5.41, 5.74) is 6.30. The molecule has 3 rings (SSSR count). The van der Waals surface area contributed by atoms with Gasteiger partial charge in [0.2, 0.25) is 0 Å². The molecule has 2 saturated heterocycles. The number of non-ortho nitro benzene ring substituents is 1. The topological polar surface area (TPSA) is 89.5 Å². The first-order valence-electron chi connectivity index (χ1n) is 6.99. The average molecular weight is 354 g/mol. The third kappa shape index (κ3) is 2.67. The SMILES string of the molecule is NC1CC2CCC(C1)N2C(=O)c1cc(Br)cc([N+](=O)[O-])c1. The molecule has 2 aliphatic rings. The van der Waals surface area contributed by atoms with Crippen LogP contribution in [0.2, 0.25) is 0 Å². The number of carbonyl (C=O) groups excluding carboxylic acids is 1. The molecule has 2 aliphatic heterocycles. The Morgan fingerprint density at radius 3 is 2.48 bits per heavy atom. The number of nitro groups is 1. The first-order valence-corrected chi connectivity index (χ1v) is 7.78. The van der Waals surface area contributed by atoms with Gasteiger partial charge in [0, 0.05) is 40.3 Å². The lowest BCUT2D eigenvalue weighted by atomic mass is 9.97. The normalized spacial score (nSPS) is 27.7. The molecule has 1 aromatic carbocycles. The molecule has 0 radical (unpaired) electrons. The summed E-state index contributed by atoms with van der Waals surface area (Å²) in [6.07, 6.45) is 3.58. The van der Waals surface area contributed by atoms with Gasteiger partial charge in [0.25, 0.3) is 11.6 Å². The molecule has 7 heteroatoms. The molecule has 0 aliphatic carbocycles. The van der Waals surface area contributed by atoms with Crippen molar-refractivity contribution in [2.75, 3.05) is 0 Å². The molecule has 2 unspecified atom stereocenters. The Kier molecular flexibility index (Phi) is 3.71. The third-order valence-electron chi connectivity index (χ3n) is 4.34. The Balaban J connectivity index is 1.91. The van der Waals surface area contributed by atoms with Crippen molar-refractivity contribution in [3.63, 3.8) is 0 Å². The van der Waals surface area contributed by atoms with Crippen molar-refractivity contribution in [2.45, 2.75) is 43.8 Å². The monoisotopic (exact) mass is 353 g/mol. The van der Waals surface area contributed by atoms with Crippen molar-refractivity contribution in [1.29, 1.82) is 0 Å². The maximum Gasteiger partial charge on any atom is 0.271 e. The van der Waals surface area contributed by atoms with Gasteiger partial charge in [-0.25, -0.2) is 0 Å². The van der Waals surface area contributed by atoms with Crippen LogP contribution in [-0.4, -0.2) is 33.9 Å². The van der Waals surface area contributed by atoms with Crippen LogP contribution < -0.4 is 5.73 Å². The molecule has 1 amide bonds. The summed E-state index contributed by atoms with van der Waals surface area (Å²) >= 11 is 3.23. The van der Waals surface area contributed by atoms with E-state index in [1.165, 1.54) is 12.1 Å². The fraction of sp³-hybridized carbons (Fsp3) is 0.500. The summed E-state index contributed by atoms with van der Waals surface area (Å²) in [4.78, 5) is 25.1. The number of nitrogens with zero attached hydrogens (tertiary/aromatic N) is 2. The highest BCUT2D eigenvalue weighted by Crippen LogP contribution is 2.36. The molecule has 2 atom stereocenters. The van der Waals surface area contributed by atoms with Gasteiger partial charge >= 0.3 is 0 Å². The predicted octanol–water partition coefficient (Wildman–Crippen LogP) is 2.45. The number of nitrogens with two attached hydrogens (primary N) is 1. The summed E-state index contributed by atoms with van der Waals surface area (Å²) in [7, 11) is 0. The van der Waals surface area contributed by atoms with Crippen molar-refractivity contribution in [3.05, 3.63) is 38.3 Å². The van der Waals surface area contributed by atoms with E-state index >= 15 is 0 Å². The molecule has 2 N–H and O–H groups in total. The Morgan fingerprint density at radius 2 is 1.90 bits per heavy atom. The number of hydrogen-bond acceptors (Lipinski definition) is 4. The van der Waals surface area contributed by atoms with E-state index in [1.807, 2.05) is 4.90 Å². The Hall–Kier alpha value is -1.47. The molecule has 0 aromatic heterocycles. The van der Waals surface area contributed by atoms with Crippen LogP contribution in [0.15, 0.2) is 22.7 Å². The number of carbonyl (C=O) groups is 1. The molecule has 112 valence electrons. The molecule has 21 heavy (non-hydrogen) atoms. The lowest BCUT2D eigenvalue weighted by Gasteiger charge is -2.37. The minimum Gasteiger partial charge on any atom is -0.333 e. The minimum absolute atomic E-state index is 0.0752. The van der Waals surface area contributed by atoms with Crippen LogP contribution >= 0.6 is 15.9 Å². The first-order chi connectivity index (χ1) is 9.95. The number of amides is 1. The highest BCUT2D eigenvalue weighted by atomic mass is 79.9. The van der Waals surface area contributed by atoms with Gasteiger partial charge in [-0.05, 0) is 31.7 Å². The average Bonchev–Trinajstić information content (AvgIpc) is 2.69. The van der Waals surface area contributed by atoms with Gasteiger partial charge in [-0.2, -0.15) is 0 Å². The molecule has 6 nitrogen and oxygen atoms in total. The number of benzene rings is 1. The lowest BCUT2D eigenvalue weighted by Crippen LogP contribution is -2.50. The molecular weight excluding hydrogens is 338 g/mol. The summed E-state index contributed by atoms with van der Waals surface area (Å²) in [5, 5.41) is 10.9. The van der Waals surface area contributed by atoms with Crippen molar-refractivity contribution in [2.24, 2.45) is 5.73 Å². The van der Waals surface area contributed by atoms with Gasteiger partial charge < -0.3 is 10.6 Å². The standard InChI is InChI=1S/C14H16BrN3O3/c15-9-3-8(4-13(5-9)18(20)21)14(19)17-11-1-2-12(17)7-10(16)6-11/h3-5,10-12H,1-2,6-7,16H2. The van der Waals surface area contributed by atoms with E-state index in [9.17, 15) is 14.9 Å². The molecule has 2 bridgehead atoms. The fourth-order valence-corrected chi connectivity index (χ4v) is 3.98. The highest BCUT2D eigenvalue weighted by Gasteiger charge is 2.42. The van der Waals surface area contributed by atoms with Crippen molar-refractivity contribution >= 4 is 27.5 Å². The largest absolute Gasteiger partial charge is 0.333 e. The lowest BCUT2D eigenvalue weighted by molar-refractivity contribution is -0.385. The molecule has 2 fully saturated rings. The second kappa shape index (κ2) is 5.38. The molecule has 0 spiro atoms. The maximum absolute atomic E-state index is 12.7. The zero-order valence-corrected chi connectivity index (χ0v) is 13.0. The van der Waals surface area contributed by atoms with E-state index < -0.39 is 4.92 Å². The second-order valence-corrected chi connectivity index (χ2v) is 6.70. The van der Waals surface area contributed by atoms with E-state index in [1.54, 1.807) is 6.07 Å². The number of piperidine rings is 1. The predicted molar refractivity (Wildman–Crippen MR) is 81.0 cm³/mol. The van der Waals surface area contributed by atoms with Gasteiger partial charge in [-0.3, -0.25) is 14.9 Å². The zero-order valence-electron chi connectivity index (χ0n) is 11.4. The summed E-state index contributed by atoms with van der Waals surface area (Å²) in [6.45, 7) is 0. The van der Waals surface area contributed by atoms with Crippen LogP contribution in [0, 0.1) is 10.1 Å². The Bertz CT molecular complexity index is 593. The number of hydrogen-bond donors (Lipinski definition) is 1. The van der Waals surface area contributed by atoms with Crippen LogP contribution in [0.3, 0.4) is 0 Å².